The largest absolute Gasteiger partial charge is 0.465 e. The van der Waals surface area contributed by atoms with Crippen molar-refractivity contribution in [2.24, 2.45) is 23.2 Å². The maximum Gasteiger partial charge on any atom is 0.310 e. The number of carbonyl (C=O) groups is 3. The molecule has 6 atom stereocenters. The van der Waals surface area contributed by atoms with E-state index in [4.69, 9.17) is 4.74 Å². The summed E-state index contributed by atoms with van der Waals surface area (Å²) in [7, 11) is 0. The zero-order chi connectivity index (χ0) is 31.3. The molecule has 0 aromatic carbocycles. The van der Waals surface area contributed by atoms with Crippen molar-refractivity contribution in [1.82, 2.24) is 9.80 Å². The summed E-state index contributed by atoms with van der Waals surface area (Å²) >= 11 is 1.71. The lowest BCUT2D eigenvalue weighted by Gasteiger charge is -2.46. The molecule has 8 heteroatoms. The van der Waals surface area contributed by atoms with Gasteiger partial charge in [-0.25, -0.2) is 0 Å². The van der Waals surface area contributed by atoms with Crippen LogP contribution in [0.25, 0.3) is 0 Å². The number of ether oxygens (including phenoxy) is 1. The van der Waals surface area contributed by atoms with Crippen molar-refractivity contribution in [3.63, 3.8) is 0 Å². The van der Waals surface area contributed by atoms with Crippen molar-refractivity contribution >= 4 is 29.5 Å². The molecule has 3 saturated heterocycles. The van der Waals surface area contributed by atoms with Crippen LogP contribution in [-0.2, 0) is 19.1 Å². The number of aliphatic hydroxyl groups is 1. The lowest BCUT2D eigenvalue weighted by Crippen LogP contribution is -2.61. The Labute approximate surface area is 258 Å². The molecule has 3 fully saturated rings. The zero-order valence-electron chi connectivity index (χ0n) is 27.0. The van der Waals surface area contributed by atoms with Gasteiger partial charge >= 0.3 is 5.97 Å². The minimum atomic E-state index is -0.659. The van der Waals surface area contributed by atoms with Gasteiger partial charge in [-0.05, 0) is 70.1 Å². The summed E-state index contributed by atoms with van der Waals surface area (Å²) in [5.74, 6) is -1.36. The molecule has 1 N–H and O–H groups in total. The number of nitrogens with zero attached hydrogens (tertiary/aromatic N) is 2. The monoisotopic (exact) mass is 604 g/mol. The molecule has 0 aromatic heterocycles. The Morgan fingerprint density at radius 3 is 2.40 bits per heavy atom. The Morgan fingerprint density at radius 2 is 1.79 bits per heavy atom. The molecule has 0 saturated carbocycles. The molecule has 0 aromatic rings. The Hall–Kier alpha value is -1.80. The molecule has 2 bridgehead atoms. The molecular formula is C34H56N2O5S. The number of hydrogen-bond donors (Lipinski definition) is 1. The van der Waals surface area contributed by atoms with Crippen LogP contribution in [0.5, 0.6) is 0 Å². The average molecular weight is 605 g/mol. The molecule has 3 rings (SSSR count). The molecular weight excluding hydrogens is 548 g/mol. The summed E-state index contributed by atoms with van der Waals surface area (Å²) in [4.78, 5) is 46.6. The second kappa shape index (κ2) is 14.3. The van der Waals surface area contributed by atoms with E-state index in [1.165, 1.54) is 0 Å². The fourth-order valence-corrected chi connectivity index (χ4v) is 10.4. The molecule has 3 unspecified atom stereocenters. The summed E-state index contributed by atoms with van der Waals surface area (Å²) in [6.45, 7) is 22.0. The number of unbranched alkanes of at least 4 members (excludes halogenated alkanes) is 5. The van der Waals surface area contributed by atoms with E-state index < -0.39 is 28.2 Å². The van der Waals surface area contributed by atoms with E-state index in [-0.39, 0.29) is 41.0 Å². The Bertz CT molecular complexity index is 991. The van der Waals surface area contributed by atoms with Gasteiger partial charge in [0.15, 0.2) is 0 Å². The molecule has 238 valence electrons. The predicted octanol–water partition coefficient (Wildman–Crippen LogP) is 6.01. The Kier molecular flexibility index (Phi) is 11.8. The van der Waals surface area contributed by atoms with Crippen LogP contribution in [0.4, 0.5) is 0 Å². The quantitative estimate of drug-likeness (QED) is 0.124. The summed E-state index contributed by atoms with van der Waals surface area (Å²) in [6, 6.07) is -0.637. The number of esters is 1. The van der Waals surface area contributed by atoms with Crippen molar-refractivity contribution in [3.8, 4) is 0 Å². The third kappa shape index (κ3) is 7.11. The Balaban J connectivity index is 1.98. The van der Waals surface area contributed by atoms with Crippen LogP contribution < -0.4 is 0 Å². The fraction of sp³-hybridized carbons (Fsp3) is 0.794. The molecule has 3 aliphatic rings. The summed E-state index contributed by atoms with van der Waals surface area (Å²) in [5.41, 5.74) is -0.460. The molecule has 7 nitrogen and oxygen atoms in total. The summed E-state index contributed by atoms with van der Waals surface area (Å²) in [6.07, 6.45) is 11.0. The average Bonchev–Trinajstić information content (AvgIpc) is 3.48. The van der Waals surface area contributed by atoms with Gasteiger partial charge in [0.25, 0.3) is 0 Å². The van der Waals surface area contributed by atoms with Crippen molar-refractivity contribution in [1.29, 1.82) is 0 Å². The van der Waals surface area contributed by atoms with Crippen molar-refractivity contribution in [2.75, 3.05) is 26.3 Å². The zero-order valence-corrected chi connectivity index (χ0v) is 27.8. The van der Waals surface area contributed by atoms with Gasteiger partial charge in [0.1, 0.15) is 6.04 Å². The predicted molar refractivity (Wildman–Crippen MR) is 171 cm³/mol. The van der Waals surface area contributed by atoms with E-state index in [1.54, 1.807) is 17.8 Å². The number of carbonyl (C=O) groups excluding carboxylic acids is 3. The third-order valence-corrected chi connectivity index (χ3v) is 11.5. The molecule has 0 aliphatic carbocycles. The van der Waals surface area contributed by atoms with Crippen LogP contribution in [0.1, 0.15) is 99.3 Å². The van der Waals surface area contributed by atoms with Crippen LogP contribution >= 0.6 is 11.8 Å². The van der Waals surface area contributed by atoms with Crippen molar-refractivity contribution in [3.05, 3.63) is 25.3 Å². The highest BCUT2D eigenvalue weighted by Crippen LogP contribution is 2.69. The number of allylic oxidation sites excluding steroid dienone is 1. The summed E-state index contributed by atoms with van der Waals surface area (Å²) < 4.78 is 5.12. The number of aliphatic hydroxyl groups excluding tert-OH is 1. The van der Waals surface area contributed by atoms with Gasteiger partial charge in [-0.1, -0.05) is 52.7 Å². The van der Waals surface area contributed by atoms with Gasteiger partial charge in [-0.3, -0.25) is 14.4 Å². The second-order valence-electron chi connectivity index (χ2n) is 14.5. The molecule has 1 spiro atoms. The van der Waals surface area contributed by atoms with Gasteiger partial charge in [-0.2, -0.15) is 0 Å². The number of likely N-dealkylation sites (tertiary alicyclic amines) is 1. The first-order chi connectivity index (χ1) is 19.8. The minimum absolute atomic E-state index is 0.00368. The van der Waals surface area contributed by atoms with E-state index in [0.717, 1.165) is 57.8 Å². The SMILES string of the molecule is C=CCCCCOC(=O)[C@@H]1[C@@H]2CC(C)C3(S2)C(C(=O)N(CC=C)C(C)(C)CC(C)(C)C)N(CCCCCCO)C(=O)[C@H]13. The molecule has 42 heavy (non-hydrogen) atoms. The first-order valence-corrected chi connectivity index (χ1v) is 16.9. The highest BCUT2D eigenvalue weighted by atomic mass is 32.2. The molecule has 0 radical (unpaired) electrons. The van der Waals surface area contributed by atoms with Gasteiger partial charge in [-0.15, -0.1) is 24.9 Å². The maximum absolute atomic E-state index is 14.9. The van der Waals surface area contributed by atoms with E-state index in [9.17, 15) is 19.5 Å². The number of fused-ring (bicyclic) bond motifs is 1. The topological polar surface area (TPSA) is 87.2 Å². The van der Waals surface area contributed by atoms with Gasteiger partial charge in [0.2, 0.25) is 11.8 Å². The first kappa shape index (κ1) is 34.7. The lowest BCUT2D eigenvalue weighted by molar-refractivity contribution is -0.154. The van der Waals surface area contributed by atoms with Crippen molar-refractivity contribution in [2.45, 2.75) is 121 Å². The van der Waals surface area contributed by atoms with Crippen LogP contribution in [0.2, 0.25) is 0 Å². The first-order valence-electron chi connectivity index (χ1n) is 16.1. The molecule has 2 amide bonds. The van der Waals surface area contributed by atoms with E-state index in [2.05, 4.69) is 54.7 Å². The maximum atomic E-state index is 14.9. The molecule has 3 aliphatic heterocycles. The van der Waals surface area contributed by atoms with Crippen LogP contribution in [0, 0.1) is 23.2 Å². The normalized spacial score (nSPS) is 28.6. The Morgan fingerprint density at radius 1 is 1.10 bits per heavy atom. The van der Waals surface area contributed by atoms with Crippen molar-refractivity contribution < 1.29 is 24.2 Å². The second-order valence-corrected chi connectivity index (χ2v) is 16.0. The lowest BCUT2D eigenvalue weighted by atomic mass is 9.66. The van der Waals surface area contributed by atoms with E-state index in [1.807, 2.05) is 15.9 Å². The number of hydrogen-bond acceptors (Lipinski definition) is 6. The van der Waals surface area contributed by atoms with Crippen LogP contribution in [0.3, 0.4) is 0 Å². The van der Waals surface area contributed by atoms with E-state index in [0.29, 0.717) is 19.7 Å². The third-order valence-electron chi connectivity index (χ3n) is 9.38. The highest BCUT2D eigenvalue weighted by molar-refractivity contribution is 8.02. The standard InChI is InChI=1S/C34H56N2O5S/c1-9-11-12-17-21-41-31(40)26-25-22-24(3)34(42-25)27(26)29(38)35(19-15-13-14-16-20-37)28(34)30(39)36(18-10-2)33(7,8)23-32(4,5)6/h9-10,24-28,37H,1-2,11-23H2,3-8H3/t24?,25-,26+,27-,28?,34?/m0/s1. The van der Waals surface area contributed by atoms with Crippen LogP contribution in [0.15, 0.2) is 25.3 Å². The van der Waals surface area contributed by atoms with Crippen LogP contribution in [-0.4, -0.2) is 80.6 Å². The summed E-state index contributed by atoms with van der Waals surface area (Å²) in [5, 5.41) is 9.20. The fourth-order valence-electron chi connectivity index (χ4n) is 8.02. The minimum Gasteiger partial charge on any atom is -0.465 e. The number of thioether (sulfide) groups is 1. The smallest absolute Gasteiger partial charge is 0.310 e. The highest BCUT2D eigenvalue weighted by Gasteiger charge is 2.76. The van der Waals surface area contributed by atoms with E-state index >= 15 is 0 Å². The number of amides is 2. The molecule has 3 heterocycles. The number of rotatable bonds is 17. The van der Waals surface area contributed by atoms with Gasteiger partial charge in [0.05, 0.1) is 23.2 Å². The van der Waals surface area contributed by atoms with Gasteiger partial charge in [0, 0.05) is 30.5 Å². The van der Waals surface area contributed by atoms with Gasteiger partial charge < -0.3 is 19.6 Å².